The molecular formula is C19H31N3O2. The molecule has 1 aromatic rings. The Hall–Kier alpha value is -1.59. The molecule has 1 aliphatic carbocycles. The van der Waals surface area contributed by atoms with Gasteiger partial charge in [-0.05, 0) is 32.3 Å². The lowest BCUT2D eigenvalue weighted by Crippen LogP contribution is -2.56. The third-order valence-corrected chi connectivity index (χ3v) is 4.72. The molecule has 2 unspecified atom stereocenters. The highest BCUT2D eigenvalue weighted by molar-refractivity contribution is 5.67. The average molecular weight is 333 g/mol. The van der Waals surface area contributed by atoms with Crippen molar-refractivity contribution in [2.75, 3.05) is 13.1 Å². The molecule has 1 aromatic carbocycles. The van der Waals surface area contributed by atoms with Crippen LogP contribution in [0.2, 0.25) is 0 Å². The number of nitrogens with one attached hydrogen (secondary N) is 1. The van der Waals surface area contributed by atoms with E-state index in [1.165, 1.54) is 6.42 Å². The van der Waals surface area contributed by atoms with Gasteiger partial charge in [0.1, 0.15) is 6.61 Å². The van der Waals surface area contributed by atoms with Gasteiger partial charge in [-0.3, -0.25) is 4.90 Å². The molecular weight excluding hydrogens is 302 g/mol. The van der Waals surface area contributed by atoms with Crippen molar-refractivity contribution < 1.29 is 9.53 Å². The summed E-state index contributed by atoms with van der Waals surface area (Å²) in [6.45, 7) is 6.18. The van der Waals surface area contributed by atoms with E-state index < -0.39 is 0 Å². The normalized spacial score (nSPS) is 21.0. The van der Waals surface area contributed by atoms with Crippen LogP contribution in [0.15, 0.2) is 30.3 Å². The summed E-state index contributed by atoms with van der Waals surface area (Å²) < 4.78 is 5.39. The Bertz CT molecular complexity index is 493. The van der Waals surface area contributed by atoms with E-state index in [4.69, 9.17) is 10.5 Å². The summed E-state index contributed by atoms with van der Waals surface area (Å²) in [5.74, 6) is 0. The predicted octanol–water partition coefficient (Wildman–Crippen LogP) is 2.89. The molecule has 1 aliphatic rings. The molecule has 0 radical (unpaired) electrons. The minimum Gasteiger partial charge on any atom is -0.445 e. The summed E-state index contributed by atoms with van der Waals surface area (Å²) in [4.78, 5) is 14.6. The van der Waals surface area contributed by atoms with Gasteiger partial charge >= 0.3 is 6.09 Å². The smallest absolute Gasteiger partial charge is 0.407 e. The number of hydrogen-bond donors (Lipinski definition) is 2. The van der Waals surface area contributed by atoms with Gasteiger partial charge in [-0.1, -0.05) is 43.2 Å². The van der Waals surface area contributed by atoms with Crippen molar-refractivity contribution in [2.24, 2.45) is 5.73 Å². The number of nitrogens with two attached hydrogens (primary N) is 1. The van der Waals surface area contributed by atoms with Crippen LogP contribution in [-0.2, 0) is 11.3 Å². The Morgan fingerprint density at radius 1 is 1.29 bits per heavy atom. The number of hydrogen-bond acceptors (Lipinski definition) is 4. The molecule has 0 spiro atoms. The van der Waals surface area contributed by atoms with Crippen molar-refractivity contribution in [3.05, 3.63) is 35.9 Å². The first-order valence-corrected chi connectivity index (χ1v) is 9.05. The number of ether oxygens (including phenoxy) is 1. The number of benzene rings is 1. The standard InChI is InChI=1S/C19H31N3O2/c1-15(2)22(13-12-20)18-11-7-6-10-17(18)21-19(23)24-14-16-8-4-3-5-9-16/h3-5,8-9,15,17-18H,6-7,10-14,20H2,1-2H3,(H,21,23). The number of nitrogens with zero attached hydrogens (tertiary/aromatic N) is 1. The lowest BCUT2D eigenvalue weighted by Gasteiger charge is -2.42. The number of rotatable bonds is 7. The van der Waals surface area contributed by atoms with E-state index in [0.717, 1.165) is 31.4 Å². The molecule has 2 atom stereocenters. The summed E-state index contributed by atoms with van der Waals surface area (Å²) in [6, 6.07) is 10.6. The zero-order chi connectivity index (χ0) is 17.4. The van der Waals surface area contributed by atoms with Crippen molar-refractivity contribution in [3.8, 4) is 0 Å². The van der Waals surface area contributed by atoms with E-state index in [0.29, 0.717) is 25.2 Å². The van der Waals surface area contributed by atoms with Gasteiger partial charge < -0.3 is 15.8 Å². The van der Waals surface area contributed by atoms with Gasteiger partial charge in [-0.2, -0.15) is 0 Å². The second kappa shape index (κ2) is 9.64. The fourth-order valence-corrected chi connectivity index (χ4v) is 3.55. The lowest BCUT2D eigenvalue weighted by molar-refractivity contribution is 0.0832. The fraction of sp³-hybridized carbons (Fsp3) is 0.632. The molecule has 24 heavy (non-hydrogen) atoms. The molecule has 0 bridgehead atoms. The minimum absolute atomic E-state index is 0.135. The highest BCUT2D eigenvalue weighted by Gasteiger charge is 2.32. The molecule has 5 nitrogen and oxygen atoms in total. The quantitative estimate of drug-likeness (QED) is 0.805. The van der Waals surface area contributed by atoms with E-state index in [1.807, 2.05) is 30.3 Å². The van der Waals surface area contributed by atoms with Crippen LogP contribution in [0.25, 0.3) is 0 Å². The van der Waals surface area contributed by atoms with Gasteiger partial charge in [-0.15, -0.1) is 0 Å². The zero-order valence-corrected chi connectivity index (χ0v) is 14.9. The number of alkyl carbamates (subject to hydrolysis) is 1. The Kier molecular flexibility index (Phi) is 7.53. The summed E-state index contributed by atoms with van der Waals surface area (Å²) in [7, 11) is 0. The fourth-order valence-electron chi connectivity index (χ4n) is 3.55. The molecule has 0 aliphatic heterocycles. The van der Waals surface area contributed by atoms with Crippen LogP contribution in [0.4, 0.5) is 4.79 Å². The number of carbonyl (C=O) groups excluding carboxylic acids is 1. The maximum atomic E-state index is 12.2. The third-order valence-electron chi connectivity index (χ3n) is 4.72. The molecule has 0 saturated heterocycles. The first-order valence-electron chi connectivity index (χ1n) is 9.05. The van der Waals surface area contributed by atoms with Gasteiger partial charge in [0.2, 0.25) is 0 Å². The molecule has 1 fully saturated rings. The van der Waals surface area contributed by atoms with Gasteiger partial charge in [0.15, 0.2) is 0 Å². The number of carbonyl (C=O) groups is 1. The predicted molar refractivity (Wildman–Crippen MR) is 96.7 cm³/mol. The molecule has 2 rings (SSSR count). The monoisotopic (exact) mass is 333 g/mol. The van der Waals surface area contributed by atoms with Gasteiger partial charge in [-0.25, -0.2) is 4.79 Å². The molecule has 3 N–H and O–H groups in total. The topological polar surface area (TPSA) is 67.6 Å². The first kappa shape index (κ1) is 18.7. The second-order valence-electron chi connectivity index (χ2n) is 6.78. The summed E-state index contributed by atoms with van der Waals surface area (Å²) >= 11 is 0. The Balaban J connectivity index is 1.90. The third kappa shape index (κ3) is 5.49. The van der Waals surface area contributed by atoms with Crippen LogP contribution in [0, 0.1) is 0 Å². The van der Waals surface area contributed by atoms with Gasteiger partial charge in [0, 0.05) is 31.2 Å². The van der Waals surface area contributed by atoms with Crippen LogP contribution in [0.1, 0.15) is 45.1 Å². The molecule has 5 heteroatoms. The Morgan fingerprint density at radius 2 is 2.00 bits per heavy atom. The van der Waals surface area contributed by atoms with Crippen molar-refractivity contribution in [1.29, 1.82) is 0 Å². The molecule has 0 heterocycles. The maximum absolute atomic E-state index is 12.2. The Labute approximate surface area is 145 Å². The summed E-state index contributed by atoms with van der Waals surface area (Å²) in [6.07, 6.45) is 4.12. The average Bonchev–Trinajstić information content (AvgIpc) is 2.59. The van der Waals surface area contributed by atoms with E-state index in [-0.39, 0.29) is 12.1 Å². The van der Waals surface area contributed by atoms with Crippen LogP contribution in [0.3, 0.4) is 0 Å². The van der Waals surface area contributed by atoms with Gasteiger partial charge in [0.05, 0.1) is 0 Å². The highest BCUT2D eigenvalue weighted by Crippen LogP contribution is 2.25. The van der Waals surface area contributed by atoms with Crippen molar-refractivity contribution in [3.63, 3.8) is 0 Å². The summed E-state index contributed by atoms with van der Waals surface area (Å²) in [5, 5.41) is 3.09. The number of amides is 1. The SMILES string of the molecule is CC(C)N(CCN)C1CCCCC1NC(=O)OCc1ccccc1. The first-order chi connectivity index (χ1) is 11.6. The van der Waals surface area contributed by atoms with Crippen LogP contribution in [0.5, 0.6) is 0 Å². The van der Waals surface area contributed by atoms with Crippen molar-refractivity contribution in [1.82, 2.24) is 10.2 Å². The van der Waals surface area contributed by atoms with E-state index in [1.54, 1.807) is 0 Å². The zero-order valence-electron chi connectivity index (χ0n) is 14.9. The largest absolute Gasteiger partial charge is 0.445 e. The van der Waals surface area contributed by atoms with E-state index in [9.17, 15) is 4.79 Å². The second-order valence-corrected chi connectivity index (χ2v) is 6.78. The van der Waals surface area contributed by atoms with Crippen molar-refractivity contribution >= 4 is 6.09 Å². The van der Waals surface area contributed by atoms with Crippen molar-refractivity contribution in [2.45, 2.75) is 64.3 Å². The summed E-state index contributed by atoms with van der Waals surface area (Å²) in [5.41, 5.74) is 6.78. The molecule has 134 valence electrons. The molecule has 1 amide bonds. The van der Waals surface area contributed by atoms with E-state index in [2.05, 4.69) is 24.1 Å². The van der Waals surface area contributed by atoms with Crippen LogP contribution < -0.4 is 11.1 Å². The lowest BCUT2D eigenvalue weighted by atomic mass is 9.88. The minimum atomic E-state index is -0.327. The highest BCUT2D eigenvalue weighted by atomic mass is 16.5. The van der Waals surface area contributed by atoms with E-state index >= 15 is 0 Å². The Morgan fingerprint density at radius 3 is 2.67 bits per heavy atom. The molecule has 1 saturated carbocycles. The van der Waals surface area contributed by atoms with Crippen LogP contribution in [-0.4, -0.2) is 42.2 Å². The molecule has 0 aromatic heterocycles. The maximum Gasteiger partial charge on any atom is 0.407 e. The van der Waals surface area contributed by atoms with Gasteiger partial charge in [0.25, 0.3) is 0 Å². The van der Waals surface area contributed by atoms with Crippen LogP contribution >= 0.6 is 0 Å².